The van der Waals surface area contributed by atoms with Crippen molar-refractivity contribution in [2.45, 2.75) is 72.6 Å². The number of hydrogen-bond acceptors (Lipinski definition) is 8. The summed E-state index contributed by atoms with van der Waals surface area (Å²) in [5, 5.41) is 44.1. The lowest BCUT2D eigenvalue weighted by atomic mass is 9.91. The van der Waals surface area contributed by atoms with Crippen LogP contribution in [0, 0.1) is 35.0 Å². The molecule has 2 aliphatic carbocycles. The van der Waals surface area contributed by atoms with Crippen LogP contribution in [0.4, 0.5) is 0 Å². The maximum Gasteiger partial charge on any atom is 0.140 e. The molecule has 2 atom stereocenters. The summed E-state index contributed by atoms with van der Waals surface area (Å²) in [6.45, 7) is 0.365. The first-order chi connectivity index (χ1) is 20.6. The highest BCUT2D eigenvalue weighted by molar-refractivity contribution is 6.27. The Morgan fingerprint density at radius 1 is 0.907 bits per heavy atom. The lowest BCUT2D eigenvalue weighted by Crippen LogP contribution is -2.47. The summed E-state index contributed by atoms with van der Waals surface area (Å²) in [6.07, 6.45) is 14.5. The van der Waals surface area contributed by atoms with Crippen LogP contribution in [0.3, 0.4) is 0 Å². The van der Waals surface area contributed by atoms with Crippen molar-refractivity contribution in [2.24, 2.45) is 0 Å². The van der Waals surface area contributed by atoms with Crippen molar-refractivity contribution >= 4 is 23.2 Å². The molecule has 4 aromatic rings. The molecule has 2 unspecified atom stereocenters. The van der Waals surface area contributed by atoms with Crippen molar-refractivity contribution in [3.63, 3.8) is 0 Å². The summed E-state index contributed by atoms with van der Waals surface area (Å²) in [4.78, 5) is 6.47. The Bertz CT molecular complexity index is 1700. The minimum atomic E-state index is -1.27. The Morgan fingerprint density at radius 3 is 1.95 bits per heavy atom. The van der Waals surface area contributed by atoms with Gasteiger partial charge in [-0.2, -0.15) is 10.5 Å². The third-order valence-corrected chi connectivity index (χ3v) is 9.51. The van der Waals surface area contributed by atoms with Gasteiger partial charge >= 0.3 is 0 Å². The molecule has 2 saturated carbocycles. The van der Waals surface area contributed by atoms with E-state index < -0.39 is 21.0 Å². The molecule has 43 heavy (non-hydrogen) atoms. The van der Waals surface area contributed by atoms with E-state index in [1.807, 2.05) is 42.5 Å². The van der Waals surface area contributed by atoms with Crippen LogP contribution in [-0.2, 0) is 19.5 Å². The molecule has 0 radical (unpaired) electrons. The quantitative estimate of drug-likeness (QED) is 0.196. The molecule has 6 rings (SSSR count). The van der Waals surface area contributed by atoms with E-state index in [1.165, 1.54) is 25.0 Å². The fourth-order valence-electron chi connectivity index (χ4n) is 5.10. The van der Waals surface area contributed by atoms with Crippen LogP contribution >= 0.6 is 23.2 Å². The van der Waals surface area contributed by atoms with Crippen LogP contribution in [0.1, 0.15) is 49.3 Å². The molecule has 0 aliphatic heterocycles. The Balaban J connectivity index is 0.000000188. The molecule has 0 spiro atoms. The van der Waals surface area contributed by atoms with Gasteiger partial charge in [0, 0.05) is 24.5 Å². The lowest BCUT2D eigenvalue weighted by molar-refractivity contribution is 0.00516. The van der Waals surface area contributed by atoms with Gasteiger partial charge in [0.2, 0.25) is 0 Å². The molecule has 10 nitrogen and oxygen atoms in total. The standard InChI is InChI=1S/C19H17ClN4O2.C12H12ClN3O/c20-18(6-7-18)19(25,12-24-13-22-11-15(24)10-21)9-16-8-17(23-26-16)14-4-2-1-3-5-14;1-2-3-12(17,11(13)4-5-11)8-16-9-15-7-10(16)6-14/h1-5,8,11,13,25H,6-7,9,12H2;1,7,9,17H,3-5,8H2. The van der Waals surface area contributed by atoms with E-state index in [1.54, 1.807) is 9.13 Å². The van der Waals surface area contributed by atoms with Crippen molar-refractivity contribution < 1.29 is 14.7 Å². The summed E-state index contributed by atoms with van der Waals surface area (Å²) in [5.41, 5.74) is -0.0281. The second kappa shape index (κ2) is 11.9. The van der Waals surface area contributed by atoms with Crippen LogP contribution in [-0.4, -0.2) is 55.4 Å². The van der Waals surface area contributed by atoms with Gasteiger partial charge in [0.25, 0.3) is 0 Å². The van der Waals surface area contributed by atoms with E-state index >= 15 is 0 Å². The normalized spacial score (nSPS) is 18.4. The minimum Gasteiger partial charge on any atom is -0.386 e. The molecule has 220 valence electrons. The second-order valence-corrected chi connectivity index (χ2v) is 12.6. The van der Waals surface area contributed by atoms with E-state index in [9.17, 15) is 15.5 Å². The summed E-state index contributed by atoms with van der Waals surface area (Å²) >= 11 is 12.9. The number of nitriles is 2. The van der Waals surface area contributed by atoms with E-state index in [4.69, 9.17) is 39.4 Å². The number of aliphatic hydroxyl groups is 2. The van der Waals surface area contributed by atoms with Crippen LogP contribution in [0.25, 0.3) is 11.3 Å². The second-order valence-electron chi connectivity index (χ2n) is 11.1. The minimum absolute atomic E-state index is 0.166. The summed E-state index contributed by atoms with van der Waals surface area (Å²) in [5.74, 6) is 3.01. The average molecular weight is 619 g/mol. The van der Waals surface area contributed by atoms with E-state index in [-0.39, 0.29) is 25.9 Å². The van der Waals surface area contributed by atoms with Gasteiger partial charge in [-0.3, -0.25) is 0 Å². The van der Waals surface area contributed by atoms with Crippen molar-refractivity contribution in [1.82, 2.24) is 24.3 Å². The number of halogens is 2. The fourth-order valence-corrected chi connectivity index (χ4v) is 5.55. The fraction of sp³-hybridized carbons (Fsp3) is 0.387. The summed E-state index contributed by atoms with van der Waals surface area (Å²) < 4.78 is 8.66. The van der Waals surface area contributed by atoms with Gasteiger partial charge in [-0.15, -0.1) is 35.5 Å². The first-order valence-electron chi connectivity index (χ1n) is 13.7. The number of terminal acetylenes is 1. The van der Waals surface area contributed by atoms with E-state index in [0.29, 0.717) is 35.7 Å². The Kier molecular flexibility index (Phi) is 8.38. The molecule has 3 aromatic heterocycles. The van der Waals surface area contributed by atoms with Crippen molar-refractivity contribution in [3.8, 4) is 35.7 Å². The summed E-state index contributed by atoms with van der Waals surface area (Å²) in [7, 11) is 0. The van der Waals surface area contributed by atoms with Gasteiger partial charge in [-0.1, -0.05) is 35.5 Å². The van der Waals surface area contributed by atoms with Gasteiger partial charge in [0.1, 0.15) is 46.2 Å². The maximum atomic E-state index is 11.4. The average Bonchev–Trinajstić information content (AvgIpc) is 3.71. The lowest BCUT2D eigenvalue weighted by Gasteiger charge is -2.32. The van der Waals surface area contributed by atoms with Crippen molar-refractivity contribution in [2.75, 3.05) is 0 Å². The van der Waals surface area contributed by atoms with Crippen molar-refractivity contribution in [3.05, 3.63) is 78.6 Å². The summed E-state index contributed by atoms with van der Waals surface area (Å²) in [6, 6.07) is 15.6. The SMILES string of the molecule is C#CCC(O)(Cn1cncc1C#N)C1(Cl)CC1.N#Cc1cncn1CC(O)(Cc1cc(-c2ccccc2)no1)C1(Cl)CC1. The predicted octanol–water partition coefficient (Wildman–Crippen LogP) is 4.44. The molecular weight excluding hydrogens is 589 g/mol. The van der Waals surface area contributed by atoms with Crippen LogP contribution in [0.2, 0.25) is 0 Å². The zero-order valence-corrected chi connectivity index (χ0v) is 24.7. The zero-order valence-electron chi connectivity index (χ0n) is 23.2. The van der Waals surface area contributed by atoms with Gasteiger partial charge in [-0.05, 0) is 25.7 Å². The topological polar surface area (TPSA) is 150 Å². The zero-order chi connectivity index (χ0) is 30.7. The molecule has 2 N–H and O–H groups in total. The van der Waals surface area contributed by atoms with Gasteiger partial charge < -0.3 is 23.9 Å². The van der Waals surface area contributed by atoms with E-state index in [0.717, 1.165) is 18.4 Å². The number of alkyl halides is 2. The molecule has 0 amide bonds. The number of nitrogens with zero attached hydrogens (tertiary/aromatic N) is 7. The molecule has 2 fully saturated rings. The number of imidazole rings is 2. The number of rotatable bonds is 10. The Labute approximate surface area is 259 Å². The Hall–Kier alpha value is -4.11. The van der Waals surface area contributed by atoms with Gasteiger partial charge in [0.15, 0.2) is 0 Å². The predicted molar refractivity (Wildman–Crippen MR) is 159 cm³/mol. The first-order valence-corrected chi connectivity index (χ1v) is 14.4. The monoisotopic (exact) mass is 617 g/mol. The molecule has 0 bridgehead atoms. The molecule has 3 heterocycles. The Morgan fingerprint density at radius 2 is 1.44 bits per heavy atom. The van der Waals surface area contributed by atoms with Crippen LogP contribution < -0.4 is 0 Å². The molecule has 1 aromatic carbocycles. The molecule has 2 aliphatic rings. The third kappa shape index (κ3) is 6.32. The van der Waals surface area contributed by atoms with Crippen molar-refractivity contribution in [1.29, 1.82) is 10.5 Å². The first kappa shape index (κ1) is 30.4. The maximum absolute atomic E-state index is 11.4. The van der Waals surface area contributed by atoms with E-state index in [2.05, 4.69) is 27.1 Å². The third-order valence-electron chi connectivity index (χ3n) is 8.05. The largest absolute Gasteiger partial charge is 0.386 e. The number of benzene rings is 1. The van der Waals surface area contributed by atoms with Gasteiger partial charge in [-0.25, -0.2) is 9.97 Å². The molecule has 0 saturated heterocycles. The van der Waals surface area contributed by atoms with Crippen LogP contribution in [0.5, 0.6) is 0 Å². The van der Waals surface area contributed by atoms with Crippen LogP contribution in [0.15, 0.2) is 66.0 Å². The number of aromatic nitrogens is 5. The molecule has 12 heteroatoms. The smallest absolute Gasteiger partial charge is 0.140 e. The highest BCUT2D eigenvalue weighted by Crippen LogP contribution is 2.54. The highest BCUT2D eigenvalue weighted by Gasteiger charge is 2.59. The highest BCUT2D eigenvalue weighted by atomic mass is 35.5. The van der Waals surface area contributed by atoms with Gasteiger partial charge in [0.05, 0.1) is 47.9 Å². The number of hydrogen-bond donors (Lipinski definition) is 2. The molecular formula is C31H29Cl2N7O3.